The van der Waals surface area contributed by atoms with Gasteiger partial charge >= 0.3 is 5.97 Å². The minimum Gasteiger partial charge on any atom is -0.463 e. The van der Waals surface area contributed by atoms with Crippen molar-refractivity contribution in [2.24, 2.45) is 0 Å². The van der Waals surface area contributed by atoms with Gasteiger partial charge in [0, 0.05) is 39.7 Å². The number of esters is 1. The van der Waals surface area contributed by atoms with Crippen molar-refractivity contribution in [1.29, 1.82) is 0 Å². The Labute approximate surface area is 183 Å². The molecule has 3 rings (SSSR count). The molecule has 1 heterocycles. The lowest BCUT2D eigenvalue weighted by atomic mass is 10.0. The van der Waals surface area contributed by atoms with Crippen molar-refractivity contribution in [2.45, 2.75) is 12.5 Å². The number of hydrogen-bond donors (Lipinski definition) is 2. The second-order valence-corrected chi connectivity index (χ2v) is 8.02. The maximum atomic E-state index is 12.7. The van der Waals surface area contributed by atoms with Crippen LogP contribution in [-0.4, -0.2) is 41.5 Å². The number of fused-ring (bicyclic) bond motifs is 1. The van der Waals surface area contributed by atoms with E-state index in [0.29, 0.717) is 27.4 Å². The number of aromatic amines is 1. The number of benzene rings is 2. The molecule has 8 heteroatoms. The summed E-state index contributed by atoms with van der Waals surface area (Å²) in [6, 6.07) is 14.2. The smallest absolute Gasteiger partial charge is 0.329 e. The van der Waals surface area contributed by atoms with Crippen molar-refractivity contribution in [3.05, 3.63) is 81.1 Å². The van der Waals surface area contributed by atoms with Crippen molar-refractivity contribution in [1.82, 2.24) is 10.3 Å². The number of carbonyl (C=O) groups excluding carboxylic acids is 2. The summed E-state index contributed by atoms with van der Waals surface area (Å²) in [4.78, 5) is 40.2. The number of rotatable bonds is 8. The van der Waals surface area contributed by atoms with E-state index in [2.05, 4.69) is 10.3 Å². The molecule has 2 aromatic carbocycles. The first-order valence-corrected chi connectivity index (χ1v) is 11.1. The van der Waals surface area contributed by atoms with Crippen molar-refractivity contribution in [2.75, 3.05) is 18.6 Å². The fourth-order valence-electron chi connectivity index (χ4n) is 3.03. The number of thioether (sulfide) groups is 1. The molecule has 0 fully saturated rings. The van der Waals surface area contributed by atoms with Gasteiger partial charge in [-0.1, -0.05) is 29.8 Å². The molecule has 30 heavy (non-hydrogen) atoms. The second-order valence-electron chi connectivity index (χ2n) is 6.60. The zero-order valence-electron chi connectivity index (χ0n) is 16.3. The minimum absolute atomic E-state index is 0.127. The molecular formula is C22H21ClN2O4S. The van der Waals surface area contributed by atoms with Gasteiger partial charge in [0.2, 0.25) is 5.56 Å². The largest absolute Gasteiger partial charge is 0.463 e. The summed E-state index contributed by atoms with van der Waals surface area (Å²) >= 11 is 7.43. The van der Waals surface area contributed by atoms with Gasteiger partial charge in [-0.25, -0.2) is 4.79 Å². The Balaban J connectivity index is 1.88. The van der Waals surface area contributed by atoms with Crippen molar-refractivity contribution < 1.29 is 14.3 Å². The Morgan fingerprint density at radius 1 is 1.17 bits per heavy atom. The van der Waals surface area contributed by atoms with Gasteiger partial charge in [0.15, 0.2) is 0 Å². The molecule has 0 radical (unpaired) electrons. The van der Waals surface area contributed by atoms with Gasteiger partial charge in [-0.15, -0.1) is 0 Å². The molecule has 0 aliphatic heterocycles. The van der Waals surface area contributed by atoms with E-state index >= 15 is 0 Å². The van der Waals surface area contributed by atoms with Gasteiger partial charge < -0.3 is 15.0 Å². The molecule has 0 bridgehead atoms. The van der Waals surface area contributed by atoms with Crippen LogP contribution in [0.2, 0.25) is 5.02 Å². The van der Waals surface area contributed by atoms with Crippen LogP contribution in [0.1, 0.15) is 15.9 Å². The van der Waals surface area contributed by atoms with Gasteiger partial charge in [0.05, 0.1) is 0 Å². The molecule has 1 atom stereocenters. The van der Waals surface area contributed by atoms with E-state index in [1.165, 1.54) is 6.07 Å². The summed E-state index contributed by atoms with van der Waals surface area (Å²) in [5.41, 5.74) is 1.41. The van der Waals surface area contributed by atoms with Crippen LogP contribution in [0.15, 0.2) is 59.4 Å². The third-order valence-corrected chi connectivity index (χ3v) is 5.32. The summed E-state index contributed by atoms with van der Waals surface area (Å²) in [5, 5.41) is 4.05. The van der Waals surface area contributed by atoms with E-state index in [0.717, 1.165) is 5.39 Å². The van der Waals surface area contributed by atoms with Gasteiger partial charge in [-0.05, 0) is 42.2 Å². The summed E-state index contributed by atoms with van der Waals surface area (Å²) in [7, 11) is 0. The van der Waals surface area contributed by atoms with Crippen LogP contribution in [-0.2, 0) is 16.0 Å². The predicted molar refractivity (Wildman–Crippen MR) is 120 cm³/mol. The molecule has 0 spiro atoms. The molecule has 1 amide bonds. The number of aromatic nitrogens is 1. The zero-order chi connectivity index (χ0) is 21.5. The number of para-hydroxylation sites is 1. The summed E-state index contributed by atoms with van der Waals surface area (Å²) in [5.74, 6) is -0.319. The molecule has 3 aromatic rings. The maximum absolute atomic E-state index is 12.7. The number of ether oxygens (including phenoxy) is 1. The third kappa shape index (κ3) is 5.64. The third-order valence-electron chi connectivity index (χ3n) is 4.49. The number of carbonyl (C=O) groups is 2. The Morgan fingerprint density at radius 2 is 1.90 bits per heavy atom. The van der Waals surface area contributed by atoms with Crippen LogP contribution >= 0.6 is 23.4 Å². The van der Waals surface area contributed by atoms with Crippen LogP contribution < -0.4 is 10.9 Å². The fraction of sp³-hybridized carbons (Fsp3) is 0.227. The molecule has 156 valence electrons. The van der Waals surface area contributed by atoms with Crippen LogP contribution in [0.25, 0.3) is 10.9 Å². The Morgan fingerprint density at radius 3 is 2.63 bits per heavy atom. The highest BCUT2D eigenvalue weighted by Crippen LogP contribution is 2.17. The van der Waals surface area contributed by atoms with Gasteiger partial charge in [0.1, 0.15) is 12.6 Å². The zero-order valence-corrected chi connectivity index (χ0v) is 17.9. The van der Waals surface area contributed by atoms with Crippen LogP contribution in [0.4, 0.5) is 0 Å². The van der Waals surface area contributed by atoms with E-state index in [9.17, 15) is 14.4 Å². The Kier molecular flexibility index (Phi) is 7.54. The first kappa shape index (κ1) is 21.9. The highest BCUT2D eigenvalue weighted by Gasteiger charge is 2.24. The van der Waals surface area contributed by atoms with E-state index < -0.39 is 17.9 Å². The molecule has 2 N–H and O–H groups in total. The number of pyridine rings is 1. The van der Waals surface area contributed by atoms with Crippen LogP contribution in [0.3, 0.4) is 0 Å². The van der Waals surface area contributed by atoms with Crippen LogP contribution in [0.5, 0.6) is 0 Å². The van der Waals surface area contributed by atoms with E-state index in [-0.39, 0.29) is 18.6 Å². The highest BCUT2D eigenvalue weighted by molar-refractivity contribution is 7.98. The van der Waals surface area contributed by atoms with E-state index in [1.54, 1.807) is 42.1 Å². The van der Waals surface area contributed by atoms with Gasteiger partial charge in [0.25, 0.3) is 5.91 Å². The molecule has 1 aromatic heterocycles. The lowest BCUT2D eigenvalue weighted by Gasteiger charge is -2.19. The topological polar surface area (TPSA) is 88.3 Å². The molecule has 0 saturated heterocycles. The molecule has 0 aliphatic carbocycles. The molecule has 0 aliphatic rings. The van der Waals surface area contributed by atoms with Crippen molar-refractivity contribution in [3.63, 3.8) is 0 Å². The first-order valence-electron chi connectivity index (χ1n) is 9.31. The quantitative estimate of drug-likeness (QED) is 0.410. The summed E-state index contributed by atoms with van der Waals surface area (Å²) < 4.78 is 5.33. The first-order chi connectivity index (χ1) is 14.5. The highest BCUT2D eigenvalue weighted by atomic mass is 35.5. The van der Waals surface area contributed by atoms with E-state index in [4.69, 9.17) is 16.3 Å². The number of amides is 1. The summed E-state index contributed by atoms with van der Waals surface area (Å²) in [6.45, 7) is 0.240. The molecular weight excluding hydrogens is 424 g/mol. The van der Waals surface area contributed by atoms with E-state index in [1.807, 2.05) is 24.5 Å². The Bertz CT molecular complexity index is 1100. The monoisotopic (exact) mass is 444 g/mol. The van der Waals surface area contributed by atoms with Gasteiger partial charge in [-0.3, -0.25) is 9.59 Å². The lowest BCUT2D eigenvalue weighted by Crippen LogP contribution is -2.43. The minimum atomic E-state index is -0.944. The summed E-state index contributed by atoms with van der Waals surface area (Å²) in [6.07, 6.45) is 2.04. The normalized spacial score (nSPS) is 11.8. The number of H-pyrrole nitrogens is 1. The standard InChI is InChI=1S/C22H21ClN2O4S/c1-30-11-10-29-22(28)19(25-21(27)14-6-8-16(23)9-7-14)12-15-13-20(26)24-18-5-3-2-4-17(15)18/h2-9,13,19H,10-12H2,1H3,(H,24,26)(H,25,27). The average molecular weight is 445 g/mol. The van der Waals surface area contributed by atoms with Crippen molar-refractivity contribution in [3.8, 4) is 0 Å². The second kappa shape index (κ2) is 10.3. The molecule has 6 nitrogen and oxygen atoms in total. The fourth-order valence-corrected chi connectivity index (χ4v) is 3.40. The lowest BCUT2D eigenvalue weighted by molar-refractivity contribution is -0.145. The number of hydrogen-bond acceptors (Lipinski definition) is 5. The van der Waals surface area contributed by atoms with Gasteiger partial charge in [-0.2, -0.15) is 11.8 Å². The predicted octanol–water partition coefficient (Wildman–Crippen LogP) is 3.43. The molecule has 0 saturated carbocycles. The maximum Gasteiger partial charge on any atom is 0.329 e. The van der Waals surface area contributed by atoms with Crippen LogP contribution in [0, 0.1) is 0 Å². The molecule has 1 unspecified atom stereocenters. The average Bonchev–Trinajstić information content (AvgIpc) is 2.73. The SMILES string of the molecule is CSCCOC(=O)C(Cc1cc(=O)[nH]c2ccccc12)NC(=O)c1ccc(Cl)cc1. The number of halogens is 1. The number of nitrogens with one attached hydrogen (secondary N) is 2. The van der Waals surface area contributed by atoms with Crippen molar-refractivity contribution >= 4 is 46.1 Å². The Hall–Kier alpha value is -2.77.